The van der Waals surface area contributed by atoms with Crippen LogP contribution in [0.5, 0.6) is 0 Å². The minimum Gasteiger partial charge on any atom is -0.508 e. The molecule has 0 radical (unpaired) electrons. The molecule has 1 N–H and O–H groups in total. The van der Waals surface area contributed by atoms with Crippen molar-refractivity contribution >= 4 is 23.0 Å². The van der Waals surface area contributed by atoms with Crippen molar-refractivity contribution in [2.45, 2.75) is 129 Å². The molecule has 4 nitrogen and oxygen atoms in total. The molecule has 0 fully saturated rings. The van der Waals surface area contributed by atoms with E-state index >= 15 is 0 Å². The monoisotopic (exact) mass is 591 g/mol. The van der Waals surface area contributed by atoms with E-state index in [0.717, 1.165) is 25.1 Å². The second kappa shape index (κ2) is 15.8. The number of nitrogens with zero attached hydrogens (tertiary/aromatic N) is 1. The molecule has 0 saturated carbocycles. The number of hydrogen-bond acceptors (Lipinski definition) is 5. The smallest absolute Gasteiger partial charge is 0.342 e. The van der Waals surface area contributed by atoms with E-state index in [4.69, 9.17) is 4.74 Å². The largest absolute Gasteiger partial charge is 0.508 e. The number of hydrogen-bond donors (Lipinski definition) is 1. The lowest BCUT2D eigenvalue weighted by molar-refractivity contribution is -0.135. The minimum absolute atomic E-state index is 0.0314. The third kappa shape index (κ3) is 8.09. The zero-order valence-electron chi connectivity index (χ0n) is 26.6. The highest BCUT2D eigenvalue weighted by atomic mass is 32.1. The summed E-state index contributed by atoms with van der Waals surface area (Å²) in [6, 6.07) is 11.5. The molecule has 2 aliphatic heterocycles. The number of carbonyl (C=O) groups excluding carboxylic acids is 1. The molecule has 2 aliphatic rings. The summed E-state index contributed by atoms with van der Waals surface area (Å²) in [6.07, 6.45) is 21.2. The summed E-state index contributed by atoms with van der Waals surface area (Å²) >= 11 is 1.92. The number of rotatable bonds is 18. The Kier molecular flexibility index (Phi) is 12.2. The fraction of sp³-hybridized carbons (Fsp3) is 0.595. The van der Waals surface area contributed by atoms with E-state index in [0.29, 0.717) is 5.57 Å². The summed E-state index contributed by atoms with van der Waals surface area (Å²) in [7, 11) is 0. The Labute approximate surface area is 258 Å². The summed E-state index contributed by atoms with van der Waals surface area (Å²) < 4.78 is 5.13. The van der Waals surface area contributed by atoms with Crippen LogP contribution in [0.15, 0.2) is 53.4 Å². The number of cyclic esters (lactones) is 1. The van der Waals surface area contributed by atoms with Crippen LogP contribution in [0.4, 0.5) is 5.69 Å². The van der Waals surface area contributed by atoms with E-state index in [2.05, 4.69) is 62.9 Å². The van der Waals surface area contributed by atoms with Crippen LogP contribution >= 0.6 is 11.3 Å². The first-order valence-electron chi connectivity index (χ1n) is 16.7. The van der Waals surface area contributed by atoms with Crippen molar-refractivity contribution in [1.82, 2.24) is 0 Å². The highest BCUT2D eigenvalue weighted by Crippen LogP contribution is 2.50. The average Bonchev–Trinajstić information content (AvgIpc) is 3.64. The molecule has 0 aliphatic carbocycles. The van der Waals surface area contributed by atoms with E-state index in [1.165, 1.54) is 110 Å². The van der Waals surface area contributed by atoms with Gasteiger partial charge < -0.3 is 14.7 Å². The SMILES string of the molecule is CCCCCCCCCCCCN1/C(=C/C2=C(O)COC2=O)C(C)(C)c2cc(-c3ccc(CCCCCC)s3)ccc21. The Hall–Kier alpha value is -2.53. The molecule has 0 atom stereocenters. The van der Waals surface area contributed by atoms with E-state index < -0.39 is 5.97 Å². The second-order valence-electron chi connectivity index (χ2n) is 12.7. The Bertz CT molecular complexity index is 1240. The number of fused-ring (bicyclic) bond motifs is 1. The van der Waals surface area contributed by atoms with E-state index in [1.54, 1.807) is 0 Å². The number of aliphatic hydroxyl groups is 1. The van der Waals surface area contributed by atoms with Crippen molar-refractivity contribution in [2.75, 3.05) is 18.1 Å². The molecule has 3 heterocycles. The molecule has 0 unspecified atom stereocenters. The first-order valence-corrected chi connectivity index (χ1v) is 17.5. The number of unbranched alkanes of at least 4 members (excludes halogenated alkanes) is 12. The normalized spacial score (nSPS) is 17.0. The molecule has 2 aromatic rings. The zero-order chi connectivity index (χ0) is 30.0. The van der Waals surface area contributed by atoms with E-state index in [9.17, 15) is 9.90 Å². The fourth-order valence-corrected chi connectivity index (χ4v) is 7.41. The Morgan fingerprint density at radius 3 is 2.17 bits per heavy atom. The van der Waals surface area contributed by atoms with Crippen LogP contribution in [0, 0.1) is 0 Å². The van der Waals surface area contributed by atoms with Gasteiger partial charge in [0.05, 0.1) is 0 Å². The Morgan fingerprint density at radius 2 is 1.52 bits per heavy atom. The first-order chi connectivity index (χ1) is 20.4. The summed E-state index contributed by atoms with van der Waals surface area (Å²) in [5.74, 6) is -0.403. The van der Waals surface area contributed by atoms with Gasteiger partial charge in [0.15, 0.2) is 0 Å². The number of carbonyl (C=O) groups is 1. The van der Waals surface area contributed by atoms with Crippen LogP contribution in [-0.4, -0.2) is 24.2 Å². The molecule has 0 amide bonds. The Balaban J connectivity index is 1.48. The van der Waals surface area contributed by atoms with Crippen LogP contribution in [0.25, 0.3) is 10.4 Å². The van der Waals surface area contributed by atoms with Crippen molar-refractivity contribution in [3.05, 3.63) is 63.9 Å². The van der Waals surface area contributed by atoms with Gasteiger partial charge in [-0.25, -0.2) is 4.79 Å². The second-order valence-corrected chi connectivity index (χ2v) is 13.9. The molecule has 0 spiro atoms. The van der Waals surface area contributed by atoms with Crippen LogP contribution in [0.1, 0.15) is 128 Å². The number of benzene rings is 1. The van der Waals surface area contributed by atoms with Crippen LogP contribution in [0.3, 0.4) is 0 Å². The average molecular weight is 592 g/mol. The summed E-state index contributed by atoms with van der Waals surface area (Å²) in [4.78, 5) is 17.6. The summed E-state index contributed by atoms with van der Waals surface area (Å²) in [5.41, 5.74) is 4.81. The molecule has 5 heteroatoms. The lowest BCUT2D eigenvalue weighted by Crippen LogP contribution is -2.27. The highest BCUT2D eigenvalue weighted by Gasteiger charge is 2.41. The van der Waals surface area contributed by atoms with Crippen molar-refractivity contribution in [1.29, 1.82) is 0 Å². The maximum Gasteiger partial charge on any atom is 0.342 e. The van der Waals surface area contributed by atoms with E-state index in [-0.39, 0.29) is 17.8 Å². The van der Waals surface area contributed by atoms with Gasteiger partial charge in [0.1, 0.15) is 17.9 Å². The lowest BCUT2D eigenvalue weighted by atomic mass is 9.82. The van der Waals surface area contributed by atoms with Gasteiger partial charge in [-0.3, -0.25) is 0 Å². The van der Waals surface area contributed by atoms with Crippen LogP contribution in [0.2, 0.25) is 0 Å². The van der Waals surface area contributed by atoms with Gasteiger partial charge in [-0.15, -0.1) is 11.3 Å². The number of aryl methyl sites for hydroxylation is 1. The van der Waals surface area contributed by atoms with Gasteiger partial charge in [0.2, 0.25) is 0 Å². The number of thiophene rings is 1. The third-order valence-corrected chi connectivity index (χ3v) is 10.2. The molecule has 4 rings (SSSR count). The first kappa shape index (κ1) is 32.4. The molecule has 230 valence electrons. The van der Waals surface area contributed by atoms with Crippen molar-refractivity contribution < 1.29 is 14.6 Å². The van der Waals surface area contributed by atoms with Gasteiger partial charge in [-0.2, -0.15) is 0 Å². The van der Waals surface area contributed by atoms with Gasteiger partial charge in [-0.1, -0.05) is 111 Å². The van der Waals surface area contributed by atoms with Gasteiger partial charge in [0, 0.05) is 33.1 Å². The molecule has 1 aromatic carbocycles. The molecule has 1 aromatic heterocycles. The zero-order valence-corrected chi connectivity index (χ0v) is 27.4. The number of ether oxygens (including phenoxy) is 1. The predicted molar refractivity (Wildman–Crippen MR) is 179 cm³/mol. The van der Waals surface area contributed by atoms with Crippen LogP contribution < -0.4 is 4.90 Å². The molecular formula is C37H53NO3S. The number of esters is 1. The van der Waals surface area contributed by atoms with Crippen molar-refractivity contribution in [3.63, 3.8) is 0 Å². The molecule has 42 heavy (non-hydrogen) atoms. The minimum atomic E-state index is -0.434. The lowest BCUT2D eigenvalue weighted by Gasteiger charge is -2.27. The molecular weight excluding hydrogens is 538 g/mol. The van der Waals surface area contributed by atoms with Gasteiger partial charge in [0.25, 0.3) is 0 Å². The number of anilines is 1. The fourth-order valence-electron chi connectivity index (χ4n) is 6.37. The number of aliphatic hydroxyl groups excluding tert-OH is 1. The maximum absolute atomic E-state index is 12.5. The quantitative estimate of drug-likeness (QED) is 0.138. The molecule has 0 saturated heterocycles. The number of allylic oxidation sites excluding steroid dienone is 1. The standard InChI is InChI=1S/C37H53NO3S/c1-5-7-9-11-12-13-14-15-16-18-24-38-32-22-20-28(34-23-21-29(42-34)19-17-10-8-6-2)25-31(32)37(3,4)35(38)26-30-33(39)27-41-36(30)40/h20-23,25-26,39H,5-19,24,27H2,1-4H3/b35-26+. The van der Waals surface area contributed by atoms with E-state index in [1.807, 2.05) is 17.4 Å². The topological polar surface area (TPSA) is 49.8 Å². The van der Waals surface area contributed by atoms with Crippen molar-refractivity contribution in [3.8, 4) is 10.4 Å². The third-order valence-electron chi connectivity index (χ3n) is 9.00. The van der Waals surface area contributed by atoms with Crippen molar-refractivity contribution in [2.24, 2.45) is 0 Å². The summed E-state index contributed by atoms with van der Waals surface area (Å²) in [6.45, 7) is 9.89. The van der Waals surface area contributed by atoms with Crippen LogP contribution in [-0.2, 0) is 21.4 Å². The summed E-state index contributed by atoms with van der Waals surface area (Å²) in [5, 5.41) is 10.4. The highest BCUT2D eigenvalue weighted by molar-refractivity contribution is 7.15. The van der Waals surface area contributed by atoms with Gasteiger partial charge in [-0.05, 0) is 60.7 Å². The van der Waals surface area contributed by atoms with Gasteiger partial charge >= 0.3 is 5.97 Å². The Morgan fingerprint density at radius 1 is 0.881 bits per heavy atom. The predicted octanol–water partition coefficient (Wildman–Crippen LogP) is 10.8. The molecule has 0 bridgehead atoms. The maximum atomic E-state index is 12.5.